The average Bonchev–Trinajstić information content (AvgIpc) is 3.27. The molecule has 1 N–H and O–H groups in total. The molecule has 134 valence electrons. The standard InChI is InChI=1S/C21H17N3OS2/c25-18(24-15-9-8-13-4-1-2-5-14(13)10-15)11-26-20-19-16-6-3-7-17(16)27-21(19)23-12-22-20/h1-2,4-5,8-10,12H,3,6-7,11H2,(H,24,25). The molecule has 6 heteroatoms. The molecule has 4 nitrogen and oxygen atoms in total. The minimum atomic E-state index is -0.0195. The molecule has 0 spiro atoms. The molecule has 27 heavy (non-hydrogen) atoms. The van der Waals surface area contributed by atoms with Crippen LogP contribution in [-0.2, 0) is 17.6 Å². The summed E-state index contributed by atoms with van der Waals surface area (Å²) in [6, 6.07) is 14.1. The fourth-order valence-corrected chi connectivity index (χ4v) is 5.73. The second-order valence-electron chi connectivity index (χ2n) is 6.62. The quantitative estimate of drug-likeness (QED) is 0.390. The van der Waals surface area contributed by atoms with Crippen LogP contribution >= 0.6 is 23.1 Å². The number of hydrogen-bond donors (Lipinski definition) is 1. The van der Waals surface area contributed by atoms with Gasteiger partial charge in [-0.2, -0.15) is 0 Å². The molecule has 1 aliphatic carbocycles. The predicted molar refractivity (Wildman–Crippen MR) is 113 cm³/mol. The van der Waals surface area contributed by atoms with Gasteiger partial charge in [-0.25, -0.2) is 9.97 Å². The van der Waals surface area contributed by atoms with Crippen LogP contribution in [0.3, 0.4) is 0 Å². The molecule has 2 aromatic heterocycles. The fraction of sp³-hybridized carbons (Fsp3) is 0.190. The van der Waals surface area contributed by atoms with Crippen LogP contribution in [0.1, 0.15) is 16.9 Å². The molecular formula is C21H17N3OS2. The van der Waals surface area contributed by atoms with Gasteiger partial charge in [0.15, 0.2) is 0 Å². The van der Waals surface area contributed by atoms with Crippen molar-refractivity contribution in [1.29, 1.82) is 0 Å². The highest BCUT2D eigenvalue weighted by Crippen LogP contribution is 2.40. The number of hydrogen-bond acceptors (Lipinski definition) is 5. The highest BCUT2D eigenvalue weighted by atomic mass is 32.2. The third-order valence-corrected chi connectivity index (χ3v) is 7.03. The topological polar surface area (TPSA) is 54.9 Å². The van der Waals surface area contributed by atoms with Crippen molar-refractivity contribution >= 4 is 55.7 Å². The molecule has 0 atom stereocenters. The van der Waals surface area contributed by atoms with Crippen molar-refractivity contribution in [1.82, 2.24) is 9.97 Å². The summed E-state index contributed by atoms with van der Waals surface area (Å²) in [6.45, 7) is 0. The van der Waals surface area contributed by atoms with Gasteiger partial charge in [-0.3, -0.25) is 4.79 Å². The first-order valence-electron chi connectivity index (χ1n) is 8.94. The Balaban J connectivity index is 1.32. The number of nitrogens with one attached hydrogen (secondary N) is 1. The summed E-state index contributed by atoms with van der Waals surface area (Å²) < 4.78 is 0. The average molecular weight is 392 g/mol. The molecule has 1 aliphatic rings. The van der Waals surface area contributed by atoms with Gasteiger partial charge in [0.2, 0.25) is 5.91 Å². The van der Waals surface area contributed by atoms with Gasteiger partial charge in [-0.05, 0) is 47.7 Å². The van der Waals surface area contributed by atoms with Crippen molar-refractivity contribution < 1.29 is 4.79 Å². The zero-order chi connectivity index (χ0) is 18.2. The van der Waals surface area contributed by atoms with E-state index in [1.165, 1.54) is 39.4 Å². The summed E-state index contributed by atoms with van der Waals surface area (Å²) in [5.41, 5.74) is 2.22. The third kappa shape index (κ3) is 3.19. The van der Waals surface area contributed by atoms with Crippen molar-refractivity contribution in [2.45, 2.75) is 24.3 Å². The highest BCUT2D eigenvalue weighted by Gasteiger charge is 2.21. The lowest BCUT2D eigenvalue weighted by molar-refractivity contribution is -0.113. The van der Waals surface area contributed by atoms with E-state index >= 15 is 0 Å². The second-order valence-corrected chi connectivity index (χ2v) is 8.66. The zero-order valence-electron chi connectivity index (χ0n) is 14.6. The molecule has 0 saturated heterocycles. The SMILES string of the molecule is O=C(CSc1ncnc2sc3c(c12)CCC3)Nc1ccc2ccccc2c1. The Morgan fingerprint density at radius 2 is 2.00 bits per heavy atom. The molecule has 0 bridgehead atoms. The van der Waals surface area contributed by atoms with Crippen LogP contribution in [0.4, 0.5) is 5.69 Å². The maximum Gasteiger partial charge on any atom is 0.234 e. The monoisotopic (exact) mass is 391 g/mol. The lowest BCUT2D eigenvalue weighted by atomic mass is 10.1. The van der Waals surface area contributed by atoms with E-state index in [1.54, 1.807) is 17.7 Å². The second kappa shape index (κ2) is 6.94. The number of nitrogens with zero attached hydrogens (tertiary/aromatic N) is 2. The van der Waals surface area contributed by atoms with Crippen LogP contribution in [0.15, 0.2) is 53.8 Å². The molecule has 0 aliphatic heterocycles. The smallest absolute Gasteiger partial charge is 0.234 e. The van der Waals surface area contributed by atoms with Gasteiger partial charge in [0.05, 0.1) is 5.75 Å². The van der Waals surface area contributed by atoms with E-state index in [1.807, 2.05) is 30.3 Å². The normalized spacial score (nSPS) is 13.2. The largest absolute Gasteiger partial charge is 0.325 e. The lowest BCUT2D eigenvalue weighted by Crippen LogP contribution is -2.14. The molecule has 1 amide bonds. The van der Waals surface area contributed by atoms with Gasteiger partial charge in [-0.15, -0.1) is 11.3 Å². The number of thioether (sulfide) groups is 1. The number of carbonyl (C=O) groups excluding carboxylic acids is 1. The lowest BCUT2D eigenvalue weighted by Gasteiger charge is -2.07. The minimum absolute atomic E-state index is 0.0195. The summed E-state index contributed by atoms with van der Waals surface area (Å²) in [7, 11) is 0. The van der Waals surface area contributed by atoms with Gasteiger partial charge in [0.25, 0.3) is 0 Å². The summed E-state index contributed by atoms with van der Waals surface area (Å²) in [5, 5.41) is 7.37. The fourth-order valence-electron chi connectivity index (χ4n) is 3.61. The number of aromatic nitrogens is 2. The Labute approximate surface area is 165 Å². The van der Waals surface area contributed by atoms with Crippen molar-refractivity contribution in [3.63, 3.8) is 0 Å². The van der Waals surface area contributed by atoms with Crippen molar-refractivity contribution in [2.24, 2.45) is 0 Å². The summed E-state index contributed by atoms with van der Waals surface area (Å²) in [6.07, 6.45) is 5.05. The first-order valence-corrected chi connectivity index (χ1v) is 10.7. The van der Waals surface area contributed by atoms with Crippen LogP contribution in [0.25, 0.3) is 21.0 Å². The van der Waals surface area contributed by atoms with Crippen molar-refractivity contribution in [3.05, 3.63) is 59.2 Å². The van der Waals surface area contributed by atoms with E-state index in [-0.39, 0.29) is 5.91 Å². The molecular weight excluding hydrogens is 374 g/mol. The zero-order valence-corrected chi connectivity index (χ0v) is 16.2. The number of rotatable bonds is 4. The van der Waals surface area contributed by atoms with Gasteiger partial charge in [0, 0.05) is 16.0 Å². The van der Waals surface area contributed by atoms with Gasteiger partial charge in [0.1, 0.15) is 16.2 Å². The Kier molecular flexibility index (Phi) is 4.30. The van der Waals surface area contributed by atoms with Crippen LogP contribution < -0.4 is 5.32 Å². The Hall–Kier alpha value is -2.44. The summed E-state index contributed by atoms with van der Waals surface area (Å²) >= 11 is 3.27. The molecule has 0 saturated carbocycles. The van der Waals surface area contributed by atoms with Crippen LogP contribution in [0, 0.1) is 0 Å². The van der Waals surface area contributed by atoms with E-state index in [4.69, 9.17) is 0 Å². The number of carbonyl (C=O) groups is 1. The van der Waals surface area contributed by atoms with Crippen molar-refractivity contribution in [2.75, 3.05) is 11.1 Å². The molecule has 5 rings (SSSR count). The first-order chi connectivity index (χ1) is 13.3. The molecule has 2 aromatic carbocycles. The van der Waals surface area contributed by atoms with Gasteiger partial charge < -0.3 is 5.32 Å². The molecule has 4 aromatic rings. The first kappa shape index (κ1) is 16.7. The number of amides is 1. The van der Waals surface area contributed by atoms with Crippen LogP contribution in [0.2, 0.25) is 0 Å². The number of fused-ring (bicyclic) bond motifs is 4. The predicted octanol–water partition coefficient (Wildman–Crippen LogP) is 5.06. The molecule has 0 unspecified atom stereocenters. The van der Waals surface area contributed by atoms with E-state index < -0.39 is 0 Å². The van der Waals surface area contributed by atoms with Gasteiger partial charge >= 0.3 is 0 Å². The maximum absolute atomic E-state index is 12.5. The maximum atomic E-state index is 12.5. The number of aryl methyl sites for hydroxylation is 2. The van der Waals surface area contributed by atoms with Gasteiger partial charge in [-0.1, -0.05) is 42.1 Å². The van der Waals surface area contributed by atoms with E-state index in [2.05, 4.69) is 27.4 Å². The summed E-state index contributed by atoms with van der Waals surface area (Å²) in [5.74, 6) is 0.317. The third-order valence-electron chi connectivity index (χ3n) is 4.84. The van der Waals surface area contributed by atoms with Crippen molar-refractivity contribution in [3.8, 4) is 0 Å². The molecule has 0 radical (unpaired) electrons. The molecule has 0 fully saturated rings. The van der Waals surface area contributed by atoms with E-state index in [0.29, 0.717) is 5.75 Å². The van der Waals surface area contributed by atoms with E-state index in [9.17, 15) is 4.79 Å². The van der Waals surface area contributed by atoms with E-state index in [0.717, 1.165) is 33.8 Å². The van der Waals surface area contributed by atoms with Crippen LogP contribution in [0.5, 0.6) is 0 Å². The Morgan fingerprint density at radius 3 is 2.93 bits per heavy atom. The number of anilines is 1. The Morgan fingerprint density at radius 1 is 1.11 bits per heavy atom. The highest BCUT2D eigenvalue weighted by molar-refractivity contribution is 8.00. The Bertz CT molecular complexity index is 1170. The minimum Gasteiger partial charge on any atom is -0.325 e. The summed E-state index contributed by atoms with van der Waals surface area (Å²) in [4.78, 5) is 23.8. The van der Waals surface area contributed by atoms with Crippen LogP contribution in [-0.4, -0.2) is 21.6 Å². The molecule has 2 heterocycles. The number of benzene rings is 2. The number of thiophene rings is 1.